The quantitative estimate of drug-likeness (QED) is 0.795. The summed E-state index contributed by atoms with van der Waals surface area (Å²) in [7, 11) is 1.82. The Morgan fingerprint density at radius 3 is 2.88 bits per heavy atom. The fourth-order valence-electron chi connectivity index (χ4n) is 2.87. The highest BCUT2D eigenvalue weighted by atomic mass is 19.3. The van der Waals surface area contributed by atoms with Crippen molar-refractivity contribution in [2.24, 2.45) is 0 Å². The predicted octanol–water partition coefficient (Wildman–Crippen LogP) is 2.60. The lowest BCUT2D eigenvalue weighted by Gasteiger charge is -2.26. The van der Waals surface area contributed by atoms with E-state index in [0.717, 1.165) is 31.0 Å². The van der Waals surface area contributed by atoms with Crippen LogP contribution in [0.3, 0.4) is 0 Å². The summed E-state index contributed by atoms with van der Waals surface area (Å²) < 4.78 is 28.6. The van der Waals surface area contributed by atoms with Crippen molar-refractivity contribution in [1.82, 2.24) is 15.0 Å². The monoisotopic (exact) mass is 350 g/mol. The summed E-state index contributed by atoms with van der Waals surface area (Å²) in [6.07, 6.45) is 4.95. The number of aromatic nitrogens is 3. The number of pyridine rings is 1. The van der Waals surface area contributed by atoms with Crippen LogP contribution in [0.25, 0.3) is 0 Å². The molecule has 2 N–H and O–H groups in total. The third-order valence-electron chi connectivity index (χ3n) is 4.06. The molecule has 2 aromatic rings. The molecule has 1 unspecified atom stereocenters. The summed E-state index contributed by atoms with van der Waals surface area (Å²) in [4.78, 5) is 14.8. The Balaban J connectivity index is 1.60. The fraction of sp³-hybridized carbons (Fsp3) is 0.438. The maximum Gasteiger partial charge on any atom is 0.387 e. The SMILES string of the molecule is CNc1cc(N2CCCC2CNc2ccc(OC(F)F)cn2)ncn1. The molecule has 0 amide bonds. The first kappa shape index (κ1) is 17.1. The van der Waals surface area contributed by atoms with Crippen LogP contribution in [0.2, 0.25) is 0 Å². The van der Waals surface area contributed by atoms with Crippen molar-refractivity contribution in [3.63, 3.8) is 0 Å². The molecule has 134 valence electrons. The summed E-state index contributed by atoms with van der Waals surface area (Å²) in [5.41, 5.74) is 0. The number of nitrogens with one attached hydrogen (secondary N) is 2. The number of nitrogens with zero attached hydrogens (tertiary/aromatic N) is 4. The largest absolute Gasteiger partial charge is 0.433 e. The smallest absolute Gasteiger partial charge is 0.387 e. The summed E-state index contributed by atoms with van der Waals surface area (Å²) in [5.74, 6) is 2.33. The van der Waals surface area contributed by atoms with E-state index >= 15 is 0 Å². The first-order chi connectivity index (χ1) is 12.2. The molecule has 2 aromatic heterocycles. The molecule has 1 fully saturated rings. The van der Waals surface area contributed by atoms with E-state index in [2.05, 4.69) is 35.2 Å². The summed E-state index contributed by atoms with van der Waals surface area (Å²) in [6, 6.07) is 5.30. The third-order valence-corrected chi connectivity index (χ3v) is 4.06. The van der Waals surface area contributed by atoms with Crippen LogP contribution in [0.1, 0.15) is 12.8 Å². The predicted molar refractivity (Wildman–Crippen MR) is 91.3 cm³/mol. The molecule has 0 aromatic carbocycles. The molecule has 0 spiro atoms. The molecule has 1 aliphatic rings. The first-order valence-electron chi connectivity index (χ1n) is 8.07. The molecule has 0 saturated carbocycles. The second-order valence-electron chi connectivity index (χ2n) is 5.64. The zero-order valence-electron chi connectivity index (χ0n) is 13.8. The van der Waals surface area contributed by atoms with E-state index in [1.807, 2.05) is 13.1 Å². The third kappa shape index (κ3) is 4.43. The van der Waals surface area contributed by atoms with Crippen LogP contribution in [0, 0.1) is 0 Å². The van der Waals surface area contributed by atoms with E-state index in [4.69, 9.17) is 0 Å². The van der Waals surface area contributed by atoms with Crippen molar-refractivity contribution in [3.05, 3.63) is 30.7 Å². The van der Waals surface area contributed by atoms with Gasteiger partial charge in [-0.05, 0) is 25.0 Å². The van der Waals surface area contributed by atoms with Crippen molar-refractivity contribution in [3.8, 4) is 5.75 Å². The second-order valence-corrected chi connectivity index (χ2v) is 5.64. The van der Waals surface area contributed by atoms with Crippen LogP contribution in [0.4, 0.5) is 26.2 Å². The Morgan fingerprint density at radius 2 is 2.16 bits per heavy atom. The minimum atomic E-state index is -2.84. The van der Waals surface area contributed by atoms with Crippen LogP contribution in [-0.2, 0) is 0 Å². The van der Waals surface area contributed by atoms with Crippen LogP contribution in [0.15, 0.2) is 30.7 Å². The molecule has 0 aliphatic carbocycles. The molecule has 1 saturated heterocycles. The highest BCUT2D eigenvalue weighted by Crippen LogP contribution is 2.25. The molecule has 3 heterocycles. The molecule has 1 aliphatic heterocycles. The topological polar surface area (TPSA) is 75.2 Å². The number of rotatable bonds is 7. The van der Waals surface area contributed by atoms with Gasteiger partial charge in [-0.25, -0.2) is 15.0 Å². The van der Waals surface area contributed by atoms with Crippen molar-refractivity contribution >= 4 is 17.5 Å². The zero-order chi connectivity index (χ0) is 17.6. The van der Waals surface area contributed by atoms with Gasteiger partial charge >= 0.3 is 6.61 Å². The standard InChI is InChI=1S/C16H20F2N6O/c1-19-14-7-15(23-10-22-14)24-6-2-3-11(24)8-20-13-5-4-12(9-21-13)25-16(17)18/h4-5,7,9-11,16H,2-3,6,8H2,1H3,(H,20,21)(H,19,22,23). The van der Waals surface area contributed by atoms with E-state index in [0.29, 0.717) is 12.4 Å². The average molecular weight is 350 g/mol. The Labute approximate surface area is 144 Å². The fourth-order valence-corrected chi connectivity index (χ4v) is 2.87. The van der Waals surface area contributed by atoms with Gasteiger partial charge in [-0.3, -0.25) is 0 Å². The highest BCUT2D eigenvalue weighted by molar-refractivity contribution is 5.50. The summed E-state index contributed by atoms with van der Waals surface area (Å²) >= 11 is 0. The molecule has 1 atom stereocenters. The summed E-state index contributed by atoms with van der Waals surface area (Å²) in [5, 5.41) is 6.25. The summed E-state index contributed by atoms with van der Waals surface area (Å²) in [6.45, 7) is -1.23. The van der Waals surface area contributed by atoms with Gasteiger partial charge in [-0.2, -0.15) is 8.78 Å². The van der Waals surface area contributed by atoms with Gasteiger partial charge in [0.1, 0.15) is 29.5 Å². The van der Waals surface area contributed by atoms with E-state index in [-0.39, 0.29) is 11.8 Å². The van der Waals surface area contributed by atoms with Gasteiger partial charge in [0.05, 0.1) is 6.20 Å². The van der Waals surface area contributed by atoms with Crippen molar-refractivity contribution in [2.75, 3.05) is 35.7 Å². The van der Waals surface area contributed by atoms with Gasteiger partial charge in [0, 0.05) is 32.2 Å². The van der Waals surface area contributed by atoms with Gasteiger partial charge in [0.15, 0.2) is 0 Å². The minimum absolute atomic E-state index is 0.0450. The molecule has 0 radical (unpaired) electrons. The number of anilines is 3. The Morgan fingerprint density at radius 1 is 1.28 bits per heavy atom. The minimum Gasteiger partial charge on any atom is -0.433 e. The van der Waals surface area contributed by atoms with Gasteiger partial charge in [-0.15, -0.1) is 0 Å². The van der Waals surface area contributed by atoms with Gasteiger partial charge in [-0.1, -0.05) is 0 Å². The molecule has 0 bridgehead atoms. The Hall–Kier alpha value is -2.71. The van der Waals surface area contributed by atoms with Crippen LogP contribution in [0.5, 0.6) is 5.75 Å². The lowest BCUT2D eigenvalue weighted by atomic mass is 10.2. The van der Waals surface area contributed by atoms with Crippen molar-refractivity contribution < 1.29 is 13.5 Å². The van der Waals surface area contributed by atoms with Crippen LogP contribution >= 0.6 is 0 Å². The van der Waals surface area contributed by atoms with Crippen molar-refractivity contribution in [2.45, 2.75) is 25.5 Å². The maximum absolute atomic E-state index is 12.1. The first-order valence-corrected chi connectivity index (χ1v) is 8.07. The van der Waals surface area contributed by atoms with Crippen LogP contribution in [-0.4, -0.2) is 47.7 Å². The molecular formula is C16H20F2N6O. The van der Waals surface area contributed by atoms with Gasteiger partial charge in [0.2, 0.25) is 0 Å². The number of hydrogen-bond acceptors (Lipinski definition) is 7. The highest BCUT2D eigenvalue weighted by Gasteiger charge is 2.25. The van der Waals surface area contributed by atoms with E-state index in [1.54, 1.807) is 12.4 Å². The average Bonchev–Trinajstić information content (AvgIpc) is 3.09. The van der Waals surface area contributed by atoms with Crippen LogP contribution < -0.4 is 20.3 Å². The van der Waals surface area contributed by atoms with E-state index in [9.17, 15) is 8.78 Å². The second kappa shape index (κ2) is 7.91. The normalized spacial score (nSPS) is 17.0. The lowest BCUT2D eigenvalue weighted by molar-refractivity contribution is -0.0500. The Kier molecular flexibility index (Phi) is 5.42. The Bertz CT molecular complexity index is 685. The number of alkyl halides is 2. The lowest BCUT2D eigenvalue weighted by Crippen LogP contribution is -2.35. The molecular weight excluding hydrogens is 330 g/mol. The van der Waals surface area contributed by atoms with E-state index < -0.39 is 6.61 Å². The van der Waals surface area contributed by atoms with Crippen molar-refractivity contribution in [1.29, 1.82) is 0 Å². The number of halogens is 2. The van der Waals surface area contributed by atoms with Gasteiger partial charge in [0.25, 0.3) is 0 Å². The molecule has 9 heteroatoms. The molecule has 25 heavy (non-hydrogen) atoms. The molecule has 7 nitrogen and oxygen atoms in total. The number of hydrogen-bond donors (Lipinski definition) is 2. The van der Waals surface area contributed by atoms with Gasteiger partial charge < -0.3 is 20.3 Å². The maximum atomic E-state index is 12.1. The molecule has 3 rings (SSSR count). The zero-order valence-corrected chi connectivity index (χ0v) is 13.8. The number of ether oxygens (including phenoxy) is 1. The van der Waals surface area contributed by atoms with E-state index in [1.165, 1.54) is 12.3 Å².